The molecule has 1 unspecified atom stereocenters. The van der Waals surface area contributed by atoms with Gasteiger partial charge in [-0.2, -0.15) is 0 Å². The summed E-state index contributed by atoms with van der Waals surface area (Å²) in [7, 11) is 2.19. The third-order valence-corrected chi connectivity index (χ3v) is 3.86. The van der Waals surface area contributed by atoms with Gasteiger partial charge in [0.05, 0.1) is 0 Å². The van der Waals surface area contributed by atoms with Crippen molar-refractivity contribution in [2.45, 2.75) is 12.8 Å². The van der Waals surface area contributed by atoms with Gasteiger partial charge < -0.3 is 10.2 Å². The summed E-state index contributed by atoms with van der Waals surface area (Å²) in [5.41, 5.74) is 0. The number of thiazole rings is 1. The fraction of sp³-hybridized carbons (Fsp3) is 0.700. The molecule has 1 atom stereocenters. The fourth-order valence-corrected chi connectivity index (χ4v) is 2.85. The maximum atomic E-state index is 5.76. The molecule has 0 amide bonds. The summed E-state index contributed by atoms with van der Waals surface area (Å²) < 4.78 is 0. The summed E-state index contributed by atoms with van der Waals surface area (Å²) in [5, 5.41) is 6.73. The van der Waals surface area contributed by atoms with Crippen molar-refractivity contribution in [1.82, 2.24) is 9.88 Å². The number of piperidine rings is 1. The Hall–Kier alpha value is -0.320. The van der Waals surface area contributed by atoms with Crippen LogP contribution < -0.4 is 5.32 Å². The average Bonchev–Trinajstić information content (AvgIpc) is 2.62. The van der Waals surface area contributed by atoms with E-state index >= 15 is 0 Å². The Morgan fingerprint density at radius 2 is 2.60 bits per heavy atom. The summed E-state index contributed by atoms with van der Waals surface area (Å²) in [6, 6.07) is 0. The van der Waals surface area contributed by atoms with E-state index < -0.39 is 0 Å². The van der Waals surface area contributed by atoms with Crippen LogP contribution in [0.25, 0.3) is 0 Å². The number of likely N-dealkylation sites (tertiary alicyclic amines) is 1. The quantitative estimate of drug-likeness (QED) is 0.887. The van der Waals surface area contributed by atoms with Crippen LogP contribution in [0.4, 0.5) is 5.13 Å². The Kier molecular flexibility index (Phi) is 3.83. The van der Waals surface area contributed by atoms with E-state index in [1.165, 1.54) is 25.9 Å². The van der Waals surface area contributed by atoms with E-state index in [9.17, 15) is 0 Å². The smallest absolute Gasteiger partial charge is 0.184 e. The second-order valence-corrected chi connectivity index (χ2v) is 5.37. The molecule has 1 aromatic heterocycles. The van der Waals surface area contributed by atoms with E-state index in [2.05, 4.69) is 22.2 Å². The van der Waals surface area contributed by atoms with Crippen LogP contribution in [0.15, 0.2) is 5.38 Å². The summed E-state index contributed by atoms with van der Waals surface area (Å²) in [6.45, 7) is 3.43. The molecule has 1 aromatic rings. The van der Waals surface area contributed by atoms with Crippen molar-refractivity contribution in [1.29, 1.82) is 0 Å². The van der Waals surface area contributed by atoms with Gasteiger partial charge in [0.25, 0.3) is 0 Å². The number of aromatic nitrogens is 1. The molecule has 0 radical (unpaired) electrons. The van der Waals surface area contributed by atoms with Gasteiger partial charge in [-0.1, -0.05) is 11.6 Å². The number of nitrogens with zero attached hydrogens (tertiary/aromatic N) is 2. The van der Waals surface area contributed by atoms with Gasteiger partial charge >= 0.3 is 0 Å². The first-order valence-corrected chi connectivity index (χ1v) is 6.53. The zero-order chi connectivity index (χ0) is 10.7. The molecule has 1 saturated heterocycles. The van der Waals surface area contributed by atoms with Gasteiger partial charge in [-0.15, -0.1) is 11.3 Å². The molecular formula is C10H16ClN3S. The number of rotatable bonds is 3. The number of hydrogen-bond acceptors (Lipinski definition) is 4. The molecule has 5 heteroatoms. The first-order chi connectivity index (χ1) is 7.24. The van der Waals surface area contributed by atoms with Crippen molar-refractivity contribution in [3.8, 4) is 0 Å². The SMILES string of the molecule is CN1CCCC(CNc2nc(Cl)cs2)C1. The van der Waals surface area contributed by atoms with E-state index in [1.807, 2.05) is 5.38 Å². The summed E-state index contributed by atoms with van der Waals surface area (Å²) in [5.74, 6) is 0.742. The topological polar surface area (TPSA) is 28.2 Å². The second-order valence-electron chi connectivity index (χ2n) is 4.13. The predicted molar refractivity (Wildman–Crippen MR) is 65.8 cm³/mol. The third kappa shape index (κ3) is 3.33. The lowest BCUT2D eigenvalue weighted by Crippen LogP contribution is -2.35. The molecule has 15 heavy (non-hydrogen) atoms. The summed E-state index contributed by atoms with van der Waals surface area (Å²) >= 11 is 7.33. The number of anilines is 1. The van der Waals surface area contributed by atoms with Crippen LogP contribution in [-0.2, 0) is 0 Å². The lowest BCUT2D eigenvalue weighted by molar-refractivity contribution is 0.217. The standard InChI is InChI=1S/C10H16ClN3S/c1-14-4-2-3-8(6-14)5-12-10-13-9(11)7-15-10/h7-8H,2-6H2,1H3,(H,12,13). The van der Waals surface area contributed by atoms with Crippen LogP contribution in [0.5, 0.6) is 0 Å². The van der Waals surface area contributed by atoms with Gasteiger partial charge in [-0.3, -0.25) is 0 Å². The van der Waals surface area contributed by atoms with Crippen molar-refractivity contribution in [3.63, 3.8) is 0 Å². The first kappa shape index (κ1) is 11.2. The zero-order valence-corrected chi connectivity index (χ0v) is 10.4. The fourth-order valence-electron chi connectivity index (χ4n) is 2.01. The molecule has 0 bridgehead atoms. The first-order valence-electron chi connectivity index (χ1n) is 5.27. The molecule has 1 aliphatic heterocycles. The largest absolute Gasteiger partial charge is 0.361 e. The van der Waals surface area contributed by atoms with Gasteiger partial charge in [-0.25, -0.2) is 4.98 Å². The molecule has 0 saturated carbocycles. The minimum absolute atomic E-state index is 0.586. The van der Waals surface area contributed by atoms with Crippen LogP contribution in [0.2, 0.25) is 5.15 Å². The molecule has 0 aliphatic carbocycles. The Bertz CT molecular complexity index is 315. The minimum atomic E-state index is 0.586. The highest BCUT2D eigenvalue weighted by Gasteiger charge is 2.16. The van der Waals surface area contributed by atoms with E-state index in [0.717, 1.165) is 17.6 Å². The van der Waals surface area contributed by atoms with Gasteiger partial charge in [0.1, 0.15) is 5.15 Å². The van der Waals surface area contributed by atoms with Crippen molar-refractivity contribution < 1.29 is 0 Å². The molecule has 1 N–H and O–H groups in total. The van der Waals surface area contributed by atoms with Crippen LogP contribution in [0, 0.1) is 5.92 Å². The molecule has 1 aliphatic rings. The van der Waals surface area contributed by atoms with Gasteiger partial charge in [0.15, 0.2) is 5.13 Å². The normalized spacial score (nSPS) is 22.9. The third-order valence-electron chi connectivity index (χ3n) is 2.74. The maximum absolute atomic E-state index is 5.76. The molecule has 2 rings (SSSR count). The minimum Gasteiger partial charge on any atom is -0.361 e. The number of halogens is 1. The van der Waals surface area contributed by atoms with Crippen molar-refractivity contribution >= 4 is 28.1 Å². The second kappa shape index (κ2) is 5.14. The average molecular weight is 246 g/mol. The molecule has 3 nitrogen and oxygen atoms in total. The molecule has 0 spiro atoms. The maximum Gasteiger partial charge on any atom is 0.184 e. The molecular weight excluding hydrogens is 230 g/mol. The van der Waals surface area contributed by atoms with Crippen LogP contribution in [-0.4, -0.2) is 36.6 Å². The number of hydrogen-bond donors (Lipinski definition) is 1. The highest BCUT2D eigenvalue weighted by Crippen LogP contribution is 2.21. The molecule has 84 valence electrons. The van der Waals surface area contributed by atoms with E-state index in [1.54, 1.807) is 11.3 Å². The predicted octanol–water partition coefficient (Wildman–Crippen LogP) is 2.55. The van der Waals surface area contributed by atoms with Crippen molar-refractivity contribution in [3.05, 3.63) is 10.5 Å². The summed E-state index contributed by atoms with van der Waals surface area (Å²) in [4.78, 5) is 6.57. The van der Waals surface area contributed by atoms with Crippen molar-refractivity contribution in [2.75, 3.05) is 32.0 Å². The van der Waals surface area contributed by atoms with Gasteiger partial charge in [0.2, 0.25) is 0 Å². The van der Waals surface area contributed by atoms with E-state index in [4.69, 9.17) is 11.6 Å². The van der Waals surface area contributed by atoms with Crippen LogP contribution in [0.1, 0.15) is 12.8 Å². The lowest BCUT2D eigenvalue weighted by atomic mass is 9.99. The van der Waals surface area contributed by atoms with E-state index in [-0.39, 0.29) is 0 Å². The Morgan fingerprint density at radius 1 is 1.73 bits per heavy atom. The summed E-state index contributed by atoms with van der Waals surface area (Å²) in [6.07, 6.45) is 2.62. The Morgan fingerprint density at radius 3 is 3.27 bits per heavy atom. The lowest BCUT2D eigenvalue weighted by Gasteiger charge is -2.29. The van der Waals surface area contributed by atoms with Crippen molar-refractivity contribution in [2.24, 2.45) is 5.92 Å². The highest BCUT2D eigenvalue weighted by atomic mass is 35.5. The van der Waals surface area contributed by atoms with Crippen LogP contribution in [0.3, 0.4) is 0 Å². The highest BCUT2D eigenvalue weighted by molar-refractivity contribution is 7.14. The zero-order valence-electron chi connectivity index (χ0n) is 8.87. The van der Waals surface area contributed by atoms with Crippen LogP contribution >= 0.6 is 22.9 Å². The molecule has 2 heterocycles. The Balaban J connectivity index is 1.77. The molecule has 1 fully saturated rings. The van der Waals surface area contributed by atoms with Gasteiger partial charge in [-0.05, 0) is 32.4 Å². The monoisotopic (exact) mass is 245 g/mol. The Labute approximate surface area is 99.5 Å². The van der Waals surface area contributed by atoms with E-state index in [0.29, 0.717) is 5.15 Å². The molecule has 0 aromatic carbocycles. The van der Waals surface area contributed by atoms with Gasteiger partial charge in [0, 0.05) is 18.5 Å². The number of nitrogens with one attached hydrogen (secondary N) is 1.